The fourth-order valence-corrected chi connectivity index (χ4v) is 2.33. The largest absolute Gasteiger partial charge is 0.348 e. The maximum Gasteiger partial charge on any atom is 0.242 e. The summed E-state index contributed by atoms with van der Waals surface area (Å²) in [4.78, 5) is 12.0. The van der Waals surface area contributed by atoms with E-state index in [1.807, 2.05) is 6.92 Å². The molecule has 0 radical (unpaired) electrons. The van der Waals surface area contributed by atoms with Gasteiger partial charge in [-0.25, -0.2) is 4.68 Å². The van der Waals surface area contributed by atoms with Crippen LogP contribution in [-0.2, 0) is 17.9 Å². The summed E-state index contributed by atoms with van der Waals surface area (Å²) in [6, 6.07) is 6.17. The molecular weight excluding hydrogens is 266 g/mol. The average Bonchev–Trinajstić information content (AvgIpc) is 2.85. The van der Waals surface area contributed by atoms with Crippen LogP contribution in [0.1, 0.15) is 35.3 Å². The lowest BCUT2D eigenvalue weighted by Crippen LogP contribution is -2.30. The van der Waals surface area contributed by atoms with Crippen LogP contribution < -0.4 is 11.1 Å². The maximum atomic E-state index is 12.0. The van der Waals surface area contributed by atoms with Crippen LogP contribution in [0.4, 0.5) is 0 Å². The number of nitrogens with zero attached hydrogens (tertiary/aromatic N) is 3. The number of rotatable bonds is 5. The monoisotopic (exact) mass is 287 g/mol. The predicted octanol–water partition coefficient (Wildman–Crippen LogP) is 1.23. The summed E-state index contributed by atoms with van der Waals surface area (Å²) in [5.74, 6) is -0.101. The molecule has 0 bridgehead atoms. The molecule has 1 amide bonds. The highest BCUT2D eigenvalue weighted by Crippen LogP contribution is 2.18. The molecule has 6 heteroatoms. The maximum absolute atomic E-state index is 12.0. The van der Waals surface area contributed by atoms with E-state index in [4.69, 9.17) is 5.73 Å². The number of hydrogen-bond donors (Lipinski definition) is 2. The molecule has 0 aliphatic heterocycles. The first kappa shape index (κ1) is 15.2. The summed E-state index contributed by atoms with van der Waals surface area (Å²) in [6.45, 7) is 6.54. The van der Waals surface area contributed by atoms with Crippen molar-refractivity contribution in [2.45, 2.75) is 39.9 Å². The minimum absolute atomic E-state index is 0.0457. The SMILES string of the molecule is Cc1ccc(C(C)NC(=O)Cn2cc(CN)nn2)c(C)c1. The molecule has 1 aromatic heterocycles. The van der Waals surface area contributed by atoms with Crippen LogP contribution in [0.5, 0.6) is 0 Å². The van der Waals surface area contributed by atoms with Crippen LogP contribution in [0.25, 0.3) is 0 Å². The summed E-state index contributed by atoms with van der Waals surface area (Å²) in [7, 11) is 0. The molecule has 112 valence electrons. The molecule has 1 atom stereocenters. The summed E-state index contributed by atoms with van der Waals surface area (Å²) in [6.07, 6.45) is 1.68. The second-order valence-corrected chi connectivity index (χ2v) is 5.26. The molecule has 21 heavy (non-hydrogen) atoms. The van der Waals surface area contributed by atoms with Crippen molar-refractivity contribution < 1.29 is 4.79 Å². The van der Waals surface area contributed by atoms with Gasteiger partial charge in [-0.3, -0.25) is 4.79 Å². The van der Waals surface area contributed by atoms with Gasteiger partial charge in [-0.2, -0.15) is 0 Å². The van der Waals surface area contributed by atoms with E-state index in [2.05, 4.69) is 47.7 Å². The molecular formula is C15H21N5O. The Balaban J connectivity index is 1.98. The fourth-order valence-electron chi connectivity index (χ4n) is 2.33. The zero-order valence-corrected chi connectivity index (χ0v) is 12.6. The van der Waals surface area contributed by atoms with Gasteiger partial charge in [-0.1, -0.05) is 29.0 Å². The Bertz CT molecular complexity index is 635. The molecule has 0 aliphatic carbocycles. The average molecular weight is 287 g/mol. The number of benzene rings is 1. The normalized spacial score (nSPS) is 12.2. The van der Waals surface area contributed by atoms with Crippen molar-refractivity contribution in [3.63, 3.8) is 0 Å². The molecule has 6 nitrogen and oxygen atoms in total. The van der Waals surface area contributed by atoms with Crippen molar-refractivity contribution in [1.82, 2.24) is 20.3 Å². The Hall–Kier alpha value is -2.21. The summed E-state index contributed by atoms with van der Waals surface area (Å²) >= 11 is 0. The molecule has 0 spiro atoms. The highest BCUT2D eigenvalue weighted by molar-refractivity contribution is 5.76. The van der Waals surface area contributed by atoms with E-state index < -0.39 is 0 Å². The fraction of sp³-hybridized carbons (Fsp3) is 0.400. The minimum atomic E-state index is -0.101. The lowest BCUT2D eigenvalue weighted by molar-refractivity contribution is -0.122. The third kappa shape index (κ3) is 3.88. The standard InChI is InChI=1S/C15H21N5O/c1-10-4-5-14(11(2)6-10)12(3)17-15(21)9-20-8-13(7-16)18-19-20/h4-6,8,12H,7,9,16H2,1-3H3,(H,17,21). The van der Waals surface area contributed by atoms with Gasteiger partial charge in [-0.15, -0.1) is 5.10 Å². The third-order valence-electron chi connectivity index (χ3n) is 3.37. The van der Waals surface area contributed by atoms with Crippen LogP contribution in [0.3, 0.4) is 0 Å². The lowest BCUT2D eigenvalue weighted by atomic mass is 10.0. The van der Waals surface area contributed by atoms with Gasteiger partial charge in [0.15, 0.2) is 0 Å². The Labute approximate surface area is 124 Å². The molecule has 1 unspecified atom stereocenters. The van der Waals surface area contributed by atoms with E-state index in [1.165, 1.54) is 15.8 Å². The summed E-state index contributed by atoms with van der Waals surface area (Å²) < 4.78 is 1.49. The Morgan fingerprint density at radius 1 is 1.43 bits per heavy atom. The van der Waals surface area contributed by atoms with Crippen LogP contribution in [0.2, 0.25) is 0 Å². The molecule has 0 fully saturated rings. The molecule has 1 aromatic carbocycles. The molecule has 0 saturated heterocycles. The van der Waals surface area contributed by atoms with Crippen LogP contribution >= 0.6 is 0 Å². The minimum Gasteiger partial charge on any atom is -0.348 e. The molecule has 2 aromatic rings. The van der Waals surface area contributed by atoms with Gasteiger partial charge in [0.2, 0.25) is 5.91 Å². The highest BCUT2D eigenvalue weighted by Gasteiger charge is 2.12. The number of aromatic nitrogens is 3. The first-order valence-corrected chi connectivity index (χ1v) is 6.95. The van der Waals surface area contributed by atoms with E-state index in [-0.39, 0.29) is 18.5 Å². The van der Waals surface area contributed by atoms with Gasteiger partial charge in [0, 0.05) is 6.54 Å². The van der Waals surface area contributed by atoms with E-state index >= 15 is 0 Å². The van der Waals surface area contributed by atoms with Crippen molar-refractivity contribution in [1.29, 1.82) is 0 Å². The Kier molecular flexibility index (Phi) is 4.70. The number of hydrogen-bond acceptors (Lipinski definition) is 4. The lowest BCUT2D eigenvalue weighted by Gasteiger charge is -2.17. The van der Waals surface area contributed by atoms with Gasteiger partial charge < -0.3 is 11.1 Å². The van der Waals surface area contributed by atoms with E-state index in [0.717, 1.165) is 5.56 Å². The second kappa shape index (κ2) is 6.49. The number of nitrogens with one attached hydrogen (secondary N) is 1. The number of aryl methyl sites for hydroxylation is 2. The first-order chi connectivity index (χ1) is 9.99. The van der Waals surface area contributed by atoms with Crippen molar-refractivity contribution >= 4 is 5.91 Å². The van der Waals surface area contributed by atoms with E-state index in [0.29, 0.717) is 12.2 Å². The van der Waals surface area contributed by atoms with Crippen LogP contribution in [0.15, 0.2) is 24.4 Å². The number of amides is 1. The Morgan fingerprint density at radius 2 is 2.19 bits per heavy atom. The number of carbonyl (C=O) groups excluding carboxylic acids is 1. The Morgan fingerprint density at radius 3 is 2.81 bits per heavy atom. The molecule has 1 heterocycles. The van der Waals surface area contributed by atoms with Crippen LogP contribution in [-0.4, -0.2) is 20.9 Å². The van der Waals surface area contributed by atoms with Gasteiger partial charge in [0.05, 0.1) is 17.9 Å². The van der Waals surface area contributed by atoms with Crippen molar-refractivity contribution in [3.8, 4) is 0 Å². The van der Waals surface area contributed by atoms with Crippen LogP contribution in [0, 0.1) is 13.8 Å². The second-order valence-electron chi connectivity index (χ2n) is 5.26. The van der Waals surface area contributed by atoms with Crippen molar-refractivity contribution in [2.75, 3.05) is 0 Å². The first-order valence-electron chi connectivity index (χ1n) is 6.95. The molecule has 3 N–H and O–H groups in total. The van der Waals surface area contributed by atoms with Crippen molar-refractivity contribution in [2.24, 2.45) is 5.73 Å². The molecule has 0 saturated carbocycles. The molecule has 2 rings (SSSR count). The summed E-state index contributed by atoms with van der Waals surface area (Å²) in [5.41, 5.74) is 9.64. The van der Waals surface area contributed by atoms with E-state index in [1.54, 1.807) is 6.20 Å². The van der Waals surface area contributed by atoms with Crippen molar-refractivity contribution in [3.05, 3.63) is 46.8 Å². The van der Waals surface area contributed by atoms with Gasteiger partial charge in [0.25, 0.3) is 0 Å². The number of nitrogens with two attached hydrogens (primary N) is 1. The number of carbonyl (C=O) groups is 1. The predicted molar refractivity (Wildman–Crippen MR) is 80.4 cm³/mol. The highest BCUT2D eigenvalue weighted by atomic mass is 16.2. The summed E-state index contributed by atoms with van der Waals surface area (Å²) in [5, 5.41) is 10.7. The van der Waals surface area contributed by atoms with Gasteiger partial charge in [-0.05, 0) is 31.9 Å². The third-order valence-corrected chi connectivity index (χ3v) is 3.37. The quantitative estimate of drug-likeness (QED) is 0.866. The molecule has 0 aliphatic rings. The van der Waals surface area contributed by atoms with E-state index in [9.17, 15) is 4.79 Å². The van der Waals surface area contributed by atoms with Gasteiger partial charge >= 0.3 is 0 Å². The topological polar surface area (TPSA) is 85.8 Å². The zero-order chi connectivity index (χ0) is 15.4. The zero-order valence-electron chi connectivity index (χ0n) is 12.6. The van der Waals surface area contributed by atoms with Gasteiger partial charge in [0.1, 0.15) is 6.54 Å². The smallest absolute Gasteiger partial charge is 0.242 e.